The first-order valence-corrected chi connectivity index (χ1v) is 7.86. The number of carbonyl (C=O) groups is 2. The fraction of sp³-hybridized carbons (Fsp3) is 0.176. The van der Waals surface area contributed by atoms with Gasteiger partial charge in [-0.1, -0.05) is 34.1 Å². The first-order chi connectivity index (χ1) is 11.0. The van der Waals surface area contributed by atoms with Crippen LogP contribution in [0.3, 0.4) is 0 Å². The fourth-order valence-corrected chi connectivity index (χ4v) is 3.24. The van der Waals surface area contributed by atoms with Gasteiger partial charge in [-0.25, -0.2) is 4.39 Å². The Hall–Kier alpha value is -2.05. The Bertz CT molecular complexity index is 758. The highest BCUT2D eigenvalue weighted by atomic mass is 79.9. The molecule has 3 rings (SSSR count). The Morgan fingerprint density at radius 3 is 2.26 bits per heavy atom. The maximum absolute atomic E-state index is 13.1. The van der Waals surface area contributed by atoms with Gasteiger partial charge >= 0.3 is 0 Å². The van der Waals surface area contributed by atoms with Gasteiger partial charge in [0.2, 0.25) is 0 Å². The molecule has 1 N–H and O–H groups in total. The van der Waals surface area contributed by atoms with Crippen molar-refractivity contribution in [3.8, 4) is 0 Å². The number of imide groups is 1. The molecule has 6 heteroatoms. The van der Waals surface area contributed by atoms with Crippen molar-refractivity contribution in [3.05, 3.63) is 69.4 Å². The summed E-state index contributed by atoms with van der Waals surface area (Å²) >= 11 is 3.20. The van der Waals surface area contributed by atoms with Gasteiger partial charge < -0.3 is 5.11 Å². The minimum atomic E-state index is -0.908. The molecule has 23 heavy (non-hydrogen) atoms. The van der Waals surface area contributed by atoms with E-state index in [1.54, 1.807) is 24.3 Å². The molecule has 118 valence electrons. The maximum Gasteiger partial charge on any atom is 0.261 e. The zero-order valence-corrected chi connectivity index (χ0v) is 13.6. The van der Waals surface area contributed by atoms with Crippen LogP contribution in [0.1, 0.15) is 38.8 Å². The van der Waals surface area contributed by atoms with Gasteiger partial charge in [-0.2, -0.15) is 0 Å². The molecule has 1 aliphatic rings. The SMILES string of the molecule is O=C1c2ccccc2C(=O)N1CCC(O)c1ccc(F)cc1Br. The molecule has 0 spiro atoms. The summed E-state index contributed by atoms with van der Waals surface area (Å²) in [5.74, 6) is -1.11. The van der Waals surface area contributed by atoms with E-state index in [0.717, 1.165) is 4.90 Å². The number of aliphatic hydroxyl groups is 1. The van der Waals surface area contributed by atoms with Gasteiger partial charge in [0.05, 0.1) is 17.2 Å². The van der Waals surface area contributed by atoms with Gasteiger partial charge in [0, 0.05) is 11.0 Å². The summed E-state index contributed by atoms with van der Waals surface area (Å²) in [4.78, 5) is 25.6. The van der Waals surface area contributed by atoms with Crippen molar-refractivity contribution in [2.45, 2.75) is 12.5 Å². The molecular weight excluding hydrogens is 365 g/mol. The van der Waals surface area contributed by atoms with Crippen molar-refractivity contribution in [1.29, 1.82) is 0 Å². The minimum Gasteiger partial charge on any atom is -0.388 e. The summed E-state index contributed by atoms with van der Waals surface area (Å²) in [6.07, 6.45) is -0.732. The zero-order chi connectivity index (χ0) is 16.6. The van der Waals surface area contributed by atoms with E-state index in [0.29, 0.717) is 21.2 Å². The van der Waals surface area contributed by atoms with Gasteiger partial charge in [-0.15, -0.1) is 0 Å². The molecular formula is C17H13BrFNO3. The Morgan fingerprint density at radius 2 is 1.70 bits per heavy atom. The standard InChI is InChI=1S/C17H13BrFNO3/c18-14-9-10(19)5-6-13(14)15(21)7-8-20-16(22)11-3-1-2-4-12(11)17(20)23/h1-6,9,15,21H,7-8H2. The van der Waals surface area contributed by atoms with Gasteiger partial charge in [-0.05, 0) is 36.2 Å². The predicted octanol–water partition coefficient (Wildman–Crippen LogP) is 3.31. The second-order valence-corrected chi connectivity index (χ2v) is 6.13. The van der Waals surface area contributed by atoms with Gasteiger partial charge in [0.15, 0.2) is 0 Å². The third kappa shape index (κ3) is 2.92. The average molecular weight is 378 g/mol. The molecule has 1 atom stereocenters. The van der Waals surface area contributed by atoms with Gasteiger partial charge in [-0.3, -0.25) is 14.5 Å². The Kier molecular flexibility index (Phi) is 4.28. The monoisotopic (exact) mass is 377 g/mol. The molecule has 0 saturated carbocycles. The van der Waals surface area contributed by atoms with Crippen molar-refractivity contribution >= 4 is 27.7 Å². The van der Waals surface area contributed by atoms with Crippen molar-refractivity contribution in [3.63, 3.8) is 0 Å². The number of aliphatic hydroxyl groups excluding tert-OH is 1. The van der Waals surface area contributed by atoms with Crippen LogP contribution in [-0.4, -0.2) is 28.4 Å². The Labute approximate surface area is 140 Å². The van der Waals surface area contributed by atoms with Gasteiger partial charge in [0.25, 0.3) is 11.8 Å². The number of hydrogen-bond donors (Lipinski definition) is 1. The van der Waals surface area contributed by atoms with E-state index >= 15 is 0 Å². The number of fused-ring (bicyclic) bond motifs is 1. The summed E-state index contributed by atoms with van der Waals surface area (Å²) in [6, 6.07) is 10.6. The first-order valence-electron chi connectivity index (χ1n) is 7.07. The van der Waals surface area contributed by atoms with Crippen LogP contribution in [0, 0.1) is 5.82 Å². The minimum absolute atomic E-state index is 0.0946. The molecule has 1 heterocycles. The summed E-state index contributed by atoms with van der Waals surface area (Å²) in [5, 5.41) is 10.2. The second kappa shape index (κ2) is 6.22. The molecule has 0 fully saturated rings. The number of nitrogens with zero attached hydrogens (tertiary/aromatic N) is 1. The molecule has 2 amide bonds. The van der Waals surface area contributed by atoms with Crippen LogP contribution < -0.4 is 0 Å². The highest BCUT2D eigenvalue weighted by Crippen LogP contribution is 2.28. The predicted molar refractivity (Wildman–Crippen MR) is 85.5 cm³/mol. The van der Waals surface area contributed by atoms with Crippen LogP contribution >= 0.6 is 15.9 Å². The third-order valence-corrected chi connectivity index (χ3v) is 4.51. The van der Waals surface area contributed by atoms with E-state index in [1.807, 2.05) is 0 Å². The number of amides is 2. The maximum atomic E-state index is 13.1. The van der Waals surface area contributed by atoms with E-state index < -0.39 is 11.9 Å². The first kappa shape index (κ1) is 15.8. The molecule has 0 aromatic heterocycles. The van der Waals surface area contributed by atoms with E-state index in [2.05, 4.69) is 15.9 Å². The van der Waals surface area contributed by atoms with Gasteiger partial charge in [0.1, 0.15) is 5.82 Å². The normalized spacial score (nSPS) is 15.0. The molecule has 0 aliphatic carbocycles. The highest BCUT2D eigenvalue weighted by Gasteiger charge is 2.35. The van der Waals surface area contributed by atoms with Crippen LogP contribution in [0.2, 0.25) is 0 Å². The lowest BCUT2D eigenvalue weighted by Gasteiger charge is -2.18. The van der Waals surface area contributed by atoms with Crippen LogP contribution in [0.4, 0.5) is 4.39 Å². The van der Waals surface area contributed by atoms with Crippen molar-refractivity contribution < 1.29 is 19.1 Å². The summed E-state index contributed by atoms with van der Waals surface area (Å²) in [5.41, 5.74) is 1.29. The molecule has 1 aliphatic heterocycles. The van der Waals surface area contributed by atoms with E-state index in [4.69, 9.17) is 0 Å². The van der Waals surface area contributed by atoms with Crippen LogP contribution in [0.15, 0.2) is 46.9 Å². The number of benzene rings is 2. The lowest BCUT2D eigenvalue weighted by atomic mass is 10.1. The van der Waals surface area contributed by atoms with E-state index in [1.165, 1.54) is 18.2 Å². The van der Waals surface area contributed by atoms with E-state index in [-0.39, 0.29) is 24.8 Å². The number of rotatable bonds is 4. The largest absolute Gasteiger partial charge is 0.388 e. The second-order valence-electron chi connectivity index (χ2n) is 5.28. The quantitative estimate of drug-likeness (QED) is 0.831. The fourth-order valence-electron chi connectivity index (χ4n) is 2.62. The molecule has 1 unspecified atom stereocenters. The molecule has 2 aromatic carbocycles. The van der Waals surface area contributed by atoms with Crippen molar-refractivity contribution in [1.82, 2.24) is 4.90 Å². The summed E-state index contributed by atoms with van der Waals surface area (Å²) in [6.45, 7) is 0.0946. The number of halogens is 2. The molecule has 0 saturated heterocycles. The van der Waals surface area contributed by atoms with Crippen LogP contribution in [-0.2, 0) is 0 Å². The van der Waals surface area contributed by atoms with Crippen LogP contribution in [0.5, 0.6) is 0 Å². The number of hydrogen-bond acceptors (Lipinski definition) is 3. The smallest absolute Gasteiger partial charge is 0.261 e. The summed E-state index contributed by atoms with van der Waals surface area (Å²) < 4.78 is 13.5. The molecule has 0 radical (unpaired) electrons. The van der Waals surface area contributed by atoms with Crippen LogP contribution in [0.25, 0.3) is 0 Å². The van der Waals surface area contributed by atoms with Crippen molar-refractivity contribution in [2.24, 2.45) is 0 Å². The zero-order valence-electron chi connectivity index (χ0n) is 12.0. The van der Waals surface area contributed by atoms with E-state index in [9.17, 15) is 19.1 Å². The Morgan fingerprint density at radius 1 is 1.09 bits per heavy atom. The topological polar surface area (TPSA) is 57.6 Å². The lowest BCUT2D eigenvalue weighted by Crippen LogP contribution is -2.31. The molecule has 2 aromatic rings. The lowest BCUT2D eigenvalue weighted by molar-refractivity contribution is 0.0622. The number of carbonyl (C=O) groups excluding carboxylic acids is 2. The highest BCUT2D eigenvalue weighted by molar-refractivity contribution is 9.10. The molecule has 0 bridgehead atoms. The third-order valence-electron chi connectivity index (χ3n) is 3.83. The average Bonchev–Trinajstić information content (AvgIpc) is 2.77. The van der Waals surface area contributed by atoms with Crippen molar-refractivity contribution in [2.75, 3.05) is 6.54 Å². The Balaban J connectivity index is 1.72. The molecule has 4 nitrogen and oxygen atoms in total. The summed E-state index contributed by atoms with van der Waals surface area (Å²) in [7, 11) is 0.